The van der Waals surface area contributed by atoms with Gasteiger partial charge in [0.05, 0.1) is 26.0 Å². The molecule has 196 valence electrons. The van der Waals surface area contributed by atoms with Gasteiger partial charge in [-0.15, -0.1) is 17.7 Å². The minimum absolute atomic E-state index is 0.0564. The van der Waals surface area contributed by atoms with Gasteiger partial charge < -0.3 is 19.5 Å². The molecule has 0 saturated heterocycles. The minimum Gasteiger partial charge on any atom is -0.493 e. The zero-order valence-electron chi connectivity index (χ0n) is 20.9. The van der Waals surface area contributed by atoms with Gasteiger partial charge in [0.25, 0.3) is 0 Å². The summed E-state index contributed by atoms with van der Waals surface area (Å²) >= 11 is 0. The van der Waals surface area contributed by atoms with Crippen LogP contribution in [0.5, 0.6) is 23.0 Å². The van der Waals surface area contributed by atoms with E-state index in [-0.39, 0.29) is 24.5 Å². The molecule has 1 unspecified atom stereocenters. The molecule has 4 amide bonds. The first-order valence-electron chi connectivity index (χ1n) is 11.4. The van der Waals surface area contributed by atoms with E-state index >= 15 is 4.39 Å². The lowest BCUT2D eigenvalue weighted by atomic mass is 10.1. The molecule has 4 rings (SSSR count). The Morgan fingerprint density at radius 1 is 1.08 bits per heavy atom. The molecule has 1 aliphatic rings. The Kier molecular flexibility index (Phi) is 7.73. The Morgan fingerprint density at radius 3 is 2.49 bits per heavy atom. The standard InChI is InChI=1S/C28H21FN4O6/c1-5-11-32-16-19(27(35)33(12-6-2)28(32)36)26(34)31-17-7-8-23(20(29)13-17)39-22-9-10-30-21-15-25(38-4)24(37-3)14-18(21)22/h1-2,7-10,13-16,19H,11-12H2,3-4H3/p+1. The van der Waals surface area contributed by atoms with Crippen LogP contribution in [0.4, 0.5) is 14.9 Å². The number of imide groups is 1. The maximum Gasteiger partial charge on any atom is 0.502 e. The fraction of sp³-hybridized carbons (Fsp3) is 0.179. The number of hydrogen-bond acceptors (Lipinski definition) is 7. The summed E-state index contributed by atoms with van der Waals surface area (Å²) in [5.41, 5.74) is 0.597. The number of terminal acetylenes is 2. The van der Waals surface area contributed by atoms with Gasteiger partial charge in [-0.3, -0.25) is 9.78 Å². The number of ether oxygens (including phenoxy) is 3. The molecule has 0 saturated carbocycles. The highest BCUT2D eigenvalue weighted by molar-refractivity contribution is 6.20. The van der Waals surface area contributed by atoms with Crippen LogP contribution in [0.3, 0.4) is 0 Å². The van der Waals surface area contributed by atoms with Crippen LogP contribution < -0.4 is 19.5 Å². The van der Waals surface area contributed by atoms with Crippen molar-refractivity contribution in [3.05, 3.63) is 48.4 Å². The second-order valence-electron chi connectivity index (χ2n) is 8.14. The molecule has 1 aromatic heterocycles. The van der Waals surface area contributed by atoms with E-state index in [1.54, 1.807) is 18.2 Å². The lowest BCUT2D eigenvalue weighted by Crippen LogP contribution is -2.54. The number of nitrogens with zero attached hydrogens (tertiary/aromatic N) is 3. The third-order valence-corrected chi connectivity index (χ3v) is 5.76. The first kappa shape index (κ1) is 26.6. The van der Waals surface area contributed by atoms with Crippen molar-refractivity contribution >= 4 is 40.7 Å². The number of anilines is 1. The molecule has 2 heterocycles. The number of pyridine rings is 1. The highest BCUT2D eigenvalue weighted by atomic mass is 19.1. The molecule has 3 aromatic rings. The second-order valence-corrected chi connectivity index (χ2v) is 8.14. The summed E-state index contributed by atoms with van der Waals surface area (Å²) in [7, 11) is 2.99. The van der Waals surface area contributed by atoms with E-state index in [4.69, 9.17) is 27.1 Å². The van der Waals surface area contributed by atoms with Crippen LogP contribution >= 0.6 is 0 Å². The predicted molar refractivity (Wildman–Crippen MR) is 139 cm³/mol. The van der Waals surface area contributed by atoms with Crippen molar-refractivity contribution in [2.45, 2.75) is 0 Å². The summed E-state index contributed by atoms with van der Waals surface area (Å²) in [6.07, 6.45) is 13.2. The zero-order chi connectivity index (χ0) is 28.1. The average Bonchev–Trinajstić information content (AvgIpc) is 2.93. The van der Waals surface area contributed by atoms with Crippen LogP contribution in [0.2, 0.25) is 0 Å². The number of methoxy groups -OCH3 is 2. The molecule has 0 spiro atoms. The largest absolute Gasteiger partial charge is 0.502 e. The number of nitrogens with one attached hydrogen (secondary N) is 1. The van der Waals surface area contributed by atoms with Gasteiger partial charge in [-0.05, 0) is 24.3 Å². The van der Waals surface area contributed by atoms with Crippen molar-refractivity contribution in [3.63, 3.8) is 0 Å². The third-order valence-electron chi connectivity index (χ3n) is 5.76. The summed E-state index contributed by atoms with van der Waals surface area (Å²) in [4.78, 5) is 43.1. The number of fused-ring (bicyclic) bond motifs is 1. The monoisotopic (exact) mass is 529 g/mol. The summed E-state index contributed by atoms with van der Waals surface area (Å²) in [5.74, 6) is 1.79. The number of halogens is 1. The van der Waals surface area contributed by atoms with Crippen LogP contribution in [0, 0.1) is 36.4 Å². The van der Waals surface area contributed by atoms with Crippen molar-refractivity contribution in [1.29, 1.82) is 0 Å². The highest BCUT2D eigenvalue weighted by Crippen LogP contribution is 2.37. The molecule has 0 aliphatic carbocycles. The first-order chi connectivity index (χ1) is 18.8. The van der Waals surface area contributed by atoms with Gasteiger partial charge in [-0.25, -0.2) is 9.18 Å². The SMILES string of the molecule is C#CCN1C(=O)C(C(=O)Nc2ccc(Oc3ccnc4cc(OC)c(OC)cc34)c(F)c2)C=[N+](CC#C)C1=O. The van der Waals surface area contributed by atoms with Gasteiger partial charge >= 0.3 is 11.9 Å². The summed E-state index contributed by atoms with van der Waals surface area (Å²) < 4.78 is 32.5. The van der Waals surface area contributed by atoms with E-state index in [0.29, 0.717) is 28.2 Å². The van der Waals surface area contributed by atoms with Crippen LogP contribution in [0.15, 0.2) is 42.6 Å². The summed E-state index contributed by atoms with van der Waals surface area (Å²) in [6, 6.07) is 7.94. The quantitative estimate of drug-likeness (QED) is 0.271. The van der Waals surface area contributed by atoms with Crippen LogP contribution in [-0.4, -0.2) is 65.8 Å². The van der Waals surface area contributed by atoms with E-state index in [1.165, 1.54) is 32.5 Å². The Labute approximate surface area is 223 Å². The van der Waals surface area contributed by atoms with Crippen LogP contribution in [0.1, 0.15) is 0 Å². The van der Waals surface area contributed by atoms with Gasteiger partial charge in [-0.2, -0.15) is 9.37 Å². The molecule has 0 radical (unpaired) electrons. The third kappa shape index (κ3) is 5.33. The maximum absolute atomic E-state index is 15.0. The first-order valence-corrected chi connectivity index (χ1v) is 11.4. The number of aromatic nitrogens is 1. The van der Waals surface area contributed by atoms with Gasteiger partial charge in [0.15, 0.2) is 42.1 Å². The number of carbonyl (C=O) groups excluding carboxylic acids is 3. The van der Waals surface area contributed by atoms with E-state index < -0.39 is 29.6 Å². The number of benzene rings is 2. The molecule has 1 atom stereocenters. The van der Waals surface area contributed by atoms with Gasteiger partial charge in [0, 0.05) is 29.4 Å². The fourth-order valence-electron chi connectivity index (χ4n) is 3.90. The topological polar surface area (TPSA) is 110 Å². The van der Waals surface area contributed by atoms with Crippen LogP contribution in [0.25, 0.3) is 10.9 Å². The molecule has 1 N–H and O–H groups in total. The molecule has 2 aromatic carbocycles. The summed E-state index contributed by atoms with van der Waals surface area (Å²) in [5, 5.41) is 3.03. The molecular weight excluding hydrogens is 507 g/mol. The number of amides is 4. The van der Waals surface area contributed by atoms with E-state index in [1.807, 2.05) is 0 Å². The van der Waals surface area contributed by atoms with Crippen LogP contribution in [-0.2, 0) is 9.59 Å². The Balaban J connectivity index is 1.57. The molecule has 1 aliphatic heterocycles. The molecule has 0 fully saturated rings. The summed E-state index contributed by atoms with van der Waals surface area (Å²) in [6.45, 7) is -0.501. The molecule has 39 heavy (non-hydrogen) atoms. The van der Waals surface area contributed by atoms with E-state index in [2.05, 4.69) is 22.1 Å². The van der Waals surface area contributed by atoms with Crippen molar-refractivity contribution in [2.24, 2.45) is 5.92 Å². The van der Waals surface area contributed by atoms with Crippen molar-refractivity contribution < 1.29 is 37.6 Å². The van der Waals surface area contributed by atoms with Gasteiger partial charge in [-0.1, -0.05) is 11.8 Å². The number of urea groups is 1. The van der Waals surface area contributed by atoms with Crippen molar-refractivity contribution in [2.75, 3.05) is 32.6 Å². The van der Waals surface area contributed by atoms with Gasteiger partial charge in [0.1, 0.15) is 5.75 Å². The molecular formula is C28H22FN4O6+. The minimum atomic E-state index is -1.40. The average molecular weight is 530 g/mol. The number of carbonyl (C=O) groups is 3. The number of hydrogen-bond donors (Lipinski definition) is 1. The lowest BCUT2D eigenvalue weighted by molar-refractivity contribution is -0.421. The Hall–Kier alpha value is -5.42. The van der Waals surface area contributed by atoms with E-state index in [0.717, 1.165) is 21.8 Å². The smallest absolute Gasteiger partial charge is 0.493 e. The maximum atomic E-state index is 15.0. The second kappa shape index (κ2) is 11.3. The van der Waals surface area contributed by atoms with Crippen molar-refractivity contribution in [3.8, 4) is 47.7 Å². The van der Waals surface area contributed by atoms with Crippen molar-refractivity contribution in [1.82, 2.24) is 9.88 Å². The predicted octanol–water partition coefficient (Wildman–Crippen LogP) is 3.05. The normalized spacial score (nSPS) is 14.7. The fourth-order valence-corrected chi connectivity index (χ4v) is 3.90. The highest BCUT2D eigenvalue weighted by Gasteiger charge is 2.45. The molecule has 0 bridgehead atoms. The molecule has 10 nitrogen and oxygen atoms in total. The lowest BCUT2D eigenvalue weighted by Gasteiger charge is -2.21. The zero-order valence-corrected chi connectivity index (χ0v) is 20.9. The Morgan fingerprint density at radius 2 is 1.82 bits per heavy atom. The molecule has 11 heteroatoms. The van der Waals surface area contributed by atoms with Gasteiger partial charge in [0.2, 0.25) is 5.91 Å². The van der Waals surface area contributed by atoms with E-state index in [9.17, 15) is 14.4 Å². The number of rotatable bonds is 8. The Bertz CT molecular complexity index is 1600.